The summed E-state index contributed by atoms with van der Waals surface area (Å²) in [6.45, 7) is 2.51. The number of thiazole rings is 1. The number of fused-ring (bicyclic) bond motifs is 1. The van der Waals surface area contributed by atoms with Gasteiger partial charge in [-0.15, -0.1) is 0 Å². The third-order valence-corrected chi connectivity index (χ3v) is 8.46. The summed E-state index contributed by atoms with van der Waals surface area (Å²) in [5, 5.41) is 4.52. The average Bonchev–Trinajstić information content (AvgIpc) is 3.11. The molecular weight excluding hydrogens is 465 g/mol. The molecule has 1 aliphatic heterocycles. The maximum Gasteiger partial charge on any atom is 0.243 e. The van der Waals surface area contributed by atoms with Gasteiger partial charge in [0.15, 0.2) is 5.13 Å². The lowest BCUT2D eigenvalue weighted by Crippen LogP contribution is -2.41. The molecule has 0 atom stereocenters. The molecule has 0 unspecified atom stereocenters. The fourth-order valence-electron chi connectivity index (χ4n) is 3.53. The molecule has 10 heteroatoms. The van der Waals surface area contributed by atoms with Gasteiger partial charge in [0.25, 0.3) is 0 Å². The Morgan fingerprint density at radius 2 is 1.80 bits per heavy atom. The van der Waals surface area contributed by atoms with Crippen LogP contribution in [0, 0.1) is 12.8 Å². The number of amides is 1. The van der Waals surface area contributed by atoms with Crippen LogP contribution >= 0.6 is 34.5 Å². The Morgan fingerprint density at radius 3 is 2.47 bits per heavy atom. The highest BCUT2D eigenvalue weighted by Crippen LogP contribution is 2.32. The lowest BCUT2D eigenvalue weighted by Gasteiger charge is -2.30. The number of sulfonamides is 1. The predicted molar refractivity (Wildman–Crippen MR) is 121 cm³/mol. The lowest BCUT2D eigenvalue weighted by molar-refractivity contribution is -0.120. The molecular formula is C20H19Cl2N3O3S2. The SMILES string of the molecule is Cc1cc(Cl)cc2sc(NC(=O)C3CCN(S(=O)(=O)c4ccc(Cl)cc4)CC3)nc12. The molecule has 3 aromatic rings. The summed E-state index contributed by atoms with van der Waals surface area (Å²) >= 11 is 13.3. The Kier molecular flexibility index (Phi) is 6.05. The molecule has 0 saturated carbocycles. The van der Waals surface area contributed by atoms with Gasteiger partial charge in [-0.05, 0) is 61.7 Å². The number of halogens is 2. The minimum absolute atomic E-state index is 0.138. The summed E-state index contributed by atoms with van der Waals surface area (Å²) in [6.07, 6.45) is 0.906. The molecule has 0 radical (unpaired) electrons. The number of anilines is 1. The third kappa shape index (κ3) is 4.33. The second-order valence-corrected chi connectivity index (χ2v) is 11.1. The van der Waals surface area contributed by atoms with Crippen molar-refractivity contribution >= 4 is 65.8 Å². The van der Waals surface area contributed by atoms with Crippen LogP contribution in [0.4, 0.5) is 5.13 Å². The molecule has 1 fully saturated rings. The Balaban J connectivity index is 1.41. The molecule has 2 heterocycles. The molecule has 1 saturated heterocycles. The van der Waals surface area contributed by atoms with Crippen LogP contribution in [0.25, 0.3) is 10.2 Å². The van der Waals surface area contributed by atoms with E-state index < -0.39 is 10.0 Å². The molecule has 1 aromatic heterocycles. The van der Waals surface area contributed by atoms with Gasteiger partial charge in [-0.1, -0.05) is 34.5 Å². The highest BCUT2D eigenvalue weighted by atomic mass is 35.5. The number of benzene rings is 2. The number of piperidine rings is 1. The second kappa shape index (κ2) is 8.43. The number of carbonyl (C=O) groups excluding carboxylic acids is 1. The van der Waals surface area contributed by atoms with E-state index in [0.717, 1.165) is 15.8 Å². The first-order valence-electron chi connectivity index (χ1n) is 9.37. The minimum atomic E-state index is -3.59. The smallest absolute Gasteiger partial charge is 0.243 e. The third-order valence-electron chi connectivity index (χ3n) is 5.16. The Labute approximate surface area is 188 Å². The van der Waals surface area contributed by atoms with Gasteiger partial charge in [0.05, 0.1) is 15.1 Å². The van der Waals surface area contributed by atoms with Crippen molar-refractivity contribution in [2.75, 3.05) is 18.4 Å². The largest absolute Gasteiger partial charge is 0.302 e. The van der Waals surface area contributed by atoms with Gasteiger partial charge in [-0.25, -0.2) is 13.4 Å². The normalized spacial score (nSPS) is 16.1. The summed E-state index contributed by atoms with van der Waals surface area (Å²) in [4.78, 5) is 17.4. The number of carbonyl (C=O) groups is 1. The van der Waals surface area contributed by atoms with Crippen LogP contribution in [0.2, 0.25) is 10.0 Å². The first kappa shape index (κ1) is 21.5. The van der Waals surface area contributed by atoms with Gasteiger partial charge in [-0.2, -0.15) is 4.31 Å². The maximum atomic E-state index is 12.8. The number of nitrogens with zero attached hydrogens (tertiary/aromatic N) is 2. The quantitative estimate of drug-likeness (QED) is 0.568. The molecule has 0 bridgehead atoms. The van der Waals surface area contributed by atoms with Gasteiger partial charge in [0.2, 0.25) is 15.9 Å². The summed E-state index contributed by atoms with van der Waals surface area (Å²) in [6, 6.07) is 9.78. The topological polar surface area (TPSA) is 79.4 Å². The van der Waals surface area contributed by atoms with Crippen LogP contribution in [0.1, 0.15) is 18.4 Å². The first-order chi connectivity index (χ1) is 14.2. The van der Waals surface area contributed by atoms with Crippen molar-refractivity contribution in [2.45, 2.75) is 24.7 Å². The highest BCUT2D eigenvalue weighted by molar-refractivity contribution is 7.89. The number of aryl methyl sites for hydroxylation is 1. The number of aromatic nitrogens is 1. The van der Waals surface area contributed by atoms with Crippen molar-refractivity contribution in [3.8, 4) is 0 Å². The molecule has 1 aliphatic rings. The van der Waals surface area contributed by atoms with Crippen molar-refractivity contribution in [1.82, 2.24) is 9.29 Å². The predicted octanol–water partition coefficient (Wildman–Crippen LogP) is 4.95. The van der Waals surface area contributed by atoms with E-state index >= 15 is 0 Å². The summed E-state index contributed by atoms with van der Waals surface area (Å²) < 4.78 is 27.9. The van der Waals surface area contributed by atoms with E-state index in [-0.39, 0.29) is 29.8 Å². The first-order valence-corrected chi connectivity index (χ1v) is 12.4. The molecule has 2 aromatic carbocycles. The Hall–Kier alpha value is -1.71. The van der Waals surface area contributed by atoms with Crippen LogP contribution in [-0.2, 0) is 14.8 Å². The van der Waals surface area contributed by atoms with E-state index in [1.54, 1.807) is 12.1 Å². The maximum absolute atomic E-state index is 12.8. The van der Waals surface area contributed by atoms with Crippen LogP contribution in [-0.4, -0.2) is 36.7 Å². The molecule has 0 spiro atoms. The molecule has 6 nitrogen and oxygen atoms in total. The minimum Gasteiger partial charge on any atom is -0.302 e. The van der Waals surface area contributed by atoms with E-state index in [2.05, 4.69) is 10.3 Å². The molecule has 1 N–H and O–H groups in total. The number of nitrogens with one attached hydrogen (secondary N) is 1. The van der Waals surface area contributed by atoms with E-state index in [1.807, 2.05) is 19.1 Å². The van der Waals surface area contributed by atoms with E-state index in [4.69, 9.17) is 23.2 Å². The van der Waals surface area contributed by atoms with Gasteiger partial charge in [0, 0.05) is 29.1 Å². The number of rotatable bonds is 4. The van der Waals surface area contributed by atoms with Gasteiger partial charge >= 0.3 is 0 Å². The highest BCUT2D eigenvalue weighted by Gasteiger charge is 2.32. The molecule has 158 valence electrons. The van der Waals surface area contributed by atoms with Crippen molar-refractivity contribution in [1.29, 1.82) is 0 Å². The Morgan fingerprint density at radius 1 is 1.13 bits per heavy atom. The van der Waals surface area contributed by atoms with Crippen molar-refractivity contribution in [2.24, 2.45) is 5.92 Å². The van der Waals surface area contributed by atoms with Crippen molar-refractivity contribution in [3.05, 3.63) is 52.0 Å². The van der Waals surface area contributed by atoms with Crippen molar-refractivity contribution in [3.63, 3.8) is 0 Å². The molecule has 1 amide bonds. The fraction of sp³-hybridized carbons (Fsp3) is 0.300. The second-order valence-electron chi connectivity index (χ2n) is 7.21. The van der Waals surface area contributed by atoms with E-state index in [0.29, 0.717) is 28.0 Å². The molecule has 0 aliphatic carbocycles. The van der Waals surface area contributed by atoms with Gasteiger partial charge < -0.3 is 5.32 Å². The van der Waals surface area contributed by atoms with Crippen LogP contribution in [0.5, 0.6) is 0 Å². The monoisotopic (exact) mass is 483 g/mol. The fourth-order valence-corrected chi connectivity index (χ4v) is 6.45. The Bertz CT molecular complexity index is 1200. The van der Waals surface area contributed by atoms with Crippen LogP contribution in [0.15, 0.2) is 41.3 Å². The standard InChI is InChI=1S/C20H19Cl2N3O3S2/c1-12-10-15(22)11-17-18(12)23-20(29-17)24-19(26)13-6-8-25(9-7-13)30(27,28)16-4-2-14(21)3-5-16/h2-5,10-11,13H,6-9H2,1H3,(H,23,24,26). The summed E-state index contributed by atoms with van der Waals surface area (Å²) in [5.41, 5.74) is 1.78. The number of hydrogen-bond acceptors (Lipinski definition) is 5. The zero-order chi connectivity index (χ0) is 21.5. The van der Waals surface area contributed by atoms with E-state index in [1.165, 1.54) is 27.8 Å². The zero-order valence-corrected chi connectivity index (χ0v) is 19.2. The zero-order valence-electron chi connectivity index (χ0n) is 16.1. The molecule has 30 heavy (non-hydrogen) atoms. The lowest BCUT2D eigenvalue weighted by atomic mass is 9.97. The number of hydrogen-bond donors (Lipinski definition) is 1. The summed E-state index contributed by atoms with van der Waals surface area (Å²) in [7, 11) is -3.59. The van der Waals surface area contributed by atoms with Crippen LogP contribution < -0.4 is 5.32 Å². The van der Waals surface area contributed by atoms with Gasteiger partial charge in [-0.3, -0.25) is 4.79 Å². The average molecular weight is 484 g/mol. The van der Waals surface area contributed by atoms with Crippen molar-refractivity contribution < 1.29 is 13.2 Å². The molecule has 4 rings (SSSR count). The van der Waals surface area contributed by atoms with Crippen LogP contribution in [0.3, 0.4) is 0 Å². The van der Waals surface area contributed by atoms with Gasteiger partial charge in [0.1, 0.15) is 0 Å². The summed E-state index contributed by atoms with van der Waals surface area (Å²) in [5.74, 6) is -0.403. The van der Waals surface area contributed by atoms with E-state index in [9.17, 15) is 13.2 Å².